The lowest BCUT2D eigenvalue weighted by molar-refractivity contribution is 0.0778. The van der Waals surface area contributed by atoms with Gasteiger partial charge in [-0.1, -0.05) is 6.07 Å². The number of amides is 1. The van der Waals surface area contributed by atoms with Gasteiger partial charge in [0.1, 0.15) is 5.69 Å². The Morgan fingerprint density at radius 1 is 1.53 bits per heavy atom. The van der Waals surface area contributed by atoms with Crippen LogP contribution in [-0.2, 0) is 6.54 Å². The Hall–Kier alpha value is -1.95. The smallest absolute Gasteiger partial charge is 0.273 e. The third kappa shape index (κ3) is 2.79. The second-order valence-electron chi connectivity index (χ2n) is 3.55. The minimum atomic E-state index is -0.149. The van der Waals surface area contributed by atoms with Gasteiger partial charge in [-0.05, 0) is 12.1 Å². The van der Waals surface area contributed by atoms with Crippen LogP contribution in [0.3, 0.4) is 0 Å². The van der Waals surface area contributed by atoms with E-state index in [-0.39, 0.29) is 5.91 Å². The first-order valence-corrected chi connectivity index (χ1v) is 5.91. The lowest BCUT2D eigenvalue weighted by Gasteiger charge is -2.14. The summed E-state index contributed by atoms with van der Waals surface area (Å²) in [7, 11) is 1.71. The lowest BCUT2D eigenvalue weighted by atomic mass is 10.3. The van der Waals surface area contributed by atoms with Crippen molar-refractivity contribution in [1.82, 2.24) is 14.9 Å². The predicted molar refractivity (Wildman–Crippen MR) is 66.6 cm³/mol. The van der Waals surface area contributed by atoms with Gasteiger partial charge in [0, 0.05) is 18.6 Å². The van der Waals surface area contributed by atoms with E-state index < -0.39 is 0 Å². The molecule has 0 spiro atoms. The fraction of sp³-hybridized carbons (Fsp3) is 0.182. The summed E-state index contributed by atoms with van der Waals surface area (Å²) in [5.74, 6) is -0.149. The number of thiazole rings is 1. The summed E-state index contributed by atoms with van der Waals surface area (Å²) in [6.45, 7) is 0.455. The largest absolute Gasteiger partial charge is 0.375 e. The SMILES string of the molecule is CN(Cc1ccccn1)C(=O)c1csc(N)n1. The zero-order chi connectivity index (χ0) is 12.3. The Balaban J connectivity index is 2.06. The van der Waals surface area contributed by atoms with Gasteiger partial charge in [0.2, 0.25) is 0 Å². The van der Waals surface area contributed by atoms with E-state index in [1.165, 1.54) is 11.3 Å². The topological polar surface area (TPSA) is 72.1 Å². The minimum Gasteiger partial charge on any atom is -0.375 e. The van der Waals surface area contributed by atoms with Crippen molar-refractivity contribution in [2.75, 3.05) is 12.8 Å². The highest BCUT2D eigenvalue weighted by Crippen LogP contribution is 2.13. The average Bonchev–Trinajstić information content (AvgIpc) is 2.76. The third-order valence-electron chi connectivity index (χ3n) is 2.21. The maximum atomic E-state index is 11.9. The van der Waals surface area contributed by atoms with E-state index in [0.29, 0.717) is 17.4 Å². The van der Waals surface area contributed by atoms with Crippen LogP contribution in [0, 0.1) is 0 Å². The number of hydrogen-bond donors (Lipinski definition) is 1. The first kappa shape index (κ1) is 11.5. The van der Waals surface area contributed by atoms with E-state index in [2.05, 4.69) is 9.97 Å². The van der Waals surface area contributed by atoms with Crippen molar-refractivity contribution < 1.29 is 4.79 Å². The standard InChI is InChI=1S/C11H12N4OS/c1-15(6-8-4-2-3-5-13-8)10(16)9-7-17-11(12)14-9/h2-5,7H,6H2,1H3,(H2,12,14). The average molecular weight is 248 g/mol. The number of rotatable bonds is 3. The molecule has 2 aromatic rings. The van der Waals surface area contributed by atoms with Crippen molar-refractivity contribution in [2.45, 2.75) is 6.54 Å². The van der Waals surface area contributed by atoms with Crippen LogP contribution in [0.2, 0.25) is 0 Å². The van der Waals surface area contributed by atoms with Crippen molar-refractivity contribution in [2.24, 2.45) is 0 Å². The molecule has 2 rings (SSSR count). The third-order valence-corrected chi connectivity index (χ3v) is 2.89. The molecule has 6 heteroatoms. The van der Waals surface area contributed by atoms with Gasteiger partial charge in [-0.15, -0.1) is 11.3 Å². The molecule has 0 aliphatic carbocycles. The number of carbonyl (C=O) groups excluding carboxylic acids is 1. The molecular formula is C11H12N4OS. The van der Waals surface area contributed by atoms with E-state index in [1.54, 1.807) is 23.5 Å². The highest BCUT2D eigenvalue weighted by Gasteiger charge is 2.15. The highest BCUT2D eigenvalue weighted by atomic mass is 32.1. The predicted octanol–water partition coefficient (Wildman–Crippen LogP) is 1.39. The van der Waals surface area contributed by atoms with E-state index >= 15 is 0 Å². The molecule has 0 aromatic carbocycles. The summed E-state index contributed by atoms with van der Waals surface area (Å²) in [4.78, 5) is 21.6. The number of aromatic nitrogens is 2. The minimum absolute atomic E-state index is 0.149. The molecule has 1 amide bonds. The van der Waals surface area contributed by atoms with Gasteiger partial charge in [-0.2, -0.15) is 0 Å². The summed E-state index contributed by atoms with van der Waals surface area (Å²) in [5.41, 5.74) is 6.71. The van der Waals surface area contributed by atoms with Gasteiger partial charge in [0.05, 0.1) is 12.2 Å². The molecule has 0 fully saturated rings. The van der Waals surface area contributed by atoms with Gasteiger partial charge < -0.3 is 10.6 Å². The molecule has 0 saturated carbocycles. The number of hydrogen-bond acceptors (Lipinski definition) is 5. The van der Waals surface area contributed by atoms with E-state index in [9.17, 15) is 4.79 Å². The second kappa shape index (κ2) is 4.92. The normalized spacial score (nSPS) is 10.2. The van der Waals surface area contributed by atoms with E-state index in [0.717, 1.165) is 5.69 Å². The highest BCUT2D eigenvalue weighted by molar-refractivity contribution is 7.13. The van der Waals surface area contributed by atoms with Crippen LogP contribution in [0.1, 0.15) is 16.2 Å². The molecule has 0 atom stereocenters. The van der Waals surface area contributed by atoms with Crippen molar-refractivity contribution in [3.63, 3.8) is 0 Å². The fourth-order valence-electron chi connectivity index (χ4n) is 1.39. The van der Waals surface area contributed by atoms with Gasteiger partial charge in [0.25, 0.3) is 5.91 Å². The molecule has 0 aliphatic rings. The summed E-state index contributed by atoms with van der Waals surface area (Å²) in [6.07, 6.45) is 1.70. The lowest BCUT2D eigenvalue weighted by Crippen LogP contribution is -2.26. The number of pyridine rings is 1. The number of nitrogens with two attached hydrogens (primary N) is 1. The number of nitrogens with zero attached hydrogens (tertiary/aromatic N) is 3. The van der Waals surface area contributed by atoms with Crippen molar-refractivity contribution in [3.8, 4) is 0 Å². The van der Waals surface area contributed by atoms with Crippen LogP contribution in [0.5, 0.6) is 0 Å². The van der Waals surface area contributed by atoms with E-state index in [4.69, 9.17) is 5.73 Å². The van der Waals surface area contributed by atoms with Crippen LogP contribution in [0.4, 0.5) is 5.13 Å². The van der Waals surface area contributed by atoms with Gasteiger partial charge in [0.15, 0.2) is 5.13 Å². The van der Waals surface area contributed by atoms with Gasteiger partial charge in [-0.25, -0.2) is 4.98 Å². The summed E-state index contributed by atoms with van der Waals surface area (Å²) in [5, 5.41) is 2.06. The first-order chi connectivity index (χ1) is 8.16. The van der Waals surface area contributed by atoms with Crippen molar-refractivity contribution in [3.05, 3.63) is 41.2 Å². The molecule has 2 aromatic heterocycles. The summed E-state index contributed by atoms with van der Waals surface area (Å²) < 4.78 is 0. The Kier molecular flexibility index (Phi) is 3.34. The Labute approximate surface area is 103 Å². The molecule has 0 radical (unpaired) electrons. The Morgan fingerprint density at radius 2 is 2.35 bits per heavy atom. The zero-order valence-electron chi connectivity index (χ0n) is 9.33. The van der Waals surface area contributed by atoms with Crippen LogP contribution >= 0.6 is 11.3 Å². The number of nitrogen functional groups attached to an aromatic ring is 1. The van der Waals surface area contributed by atoms with Crippen molar-refractivity contribution >= 4 is 22.4 Å². The molecular weight excluding hydrogens is 236 g/mol. The maximum Gasteiger partial charge on any atom is 0.273 e. The van der Waals surface area contributed by atoms with Gasteiger partial charge >= 0.3 is 0 Å². The summed E-state index contributed by atoms with van der Waals surface area (Å²) in [6, 6.07) is 5.60. The monoisotopic (exact) mass is 248 g/mol. The molecule has 0 saturated heterocycles. The maximum absolute atomic E-state index is 11.9. The van der Waals surface area contributed by atoms with Gasteiger partial charge in [-0.3, -0.25) is 9.78 Å². The Bertz CT molecular complexity index is 511. The van der Waals surface area contributed by atoms with Crippen LogP contribution < -0.4 is 5.73 Å². The van der Waals surface area contributed by atoms with Crippen LogP contribution in [0.25, 0.3) is 0 Å². The van der Waals surface area contributed by atoms with E-state index in [1.807, 2.05) is 18.2 Å². The van der Waals surface area contributed by atoms with Crippen LogP contribution in [0.15, 0.2) is 29.8 Å². The number of carbonyl (C=O) groups is 1. The Morgan fingerprint density at radius 3 is 2.94 bits per heavy atom. The molecule has 2 heterocycles. The fourth-order valence-corrected chi connectivity index (χ4v) is 1.92. The molecule has 0 aliphatic heterocycles. The molecule has 88 valence electrons. The second-order valence-corrected chi connectivity index (χ2v) is 4.44. The quantitative estimate of drug-likeness (QED) is 0.891. The zero-order valence-corrected chi connectivity index (χ0v) is 10.1. The summed E-state index contributed by atoms with van der Waals surface area (Å²) >= 11 is 1.26. The number of anilines is 1. The molecule has 0 bridgehead atoms. The first-order valence-electron chi connectivity index (χ1n) is 5.03. The molecule has 17 heavy (non-hydrogen) atoms. The van der Waals surface area contributed by atoms with Crippen molar-refractivity contribution in [1.29, 1.82) is 0 Å². The van der Waals surface area contributed by atoms with Crippen LogP contribution in [-0.4, -0.2) is 27.8 Å². The molecule has 5 nitrogen and oxygen atoms in total. The molecule has 0 unspecified atom stereocenters. The molecule has 2 N–H and O–H groups in total.